The lowest BCUT2D eigenvalue weighted by molar-refractivity contribution is 0.00199. The van der Waals surface area contributed by atoms with E-state index in [4.69, 9.17) is 33.4 Å². The molecule has 1 aliphatic heterocycles. The van der Waals surface area contributed by atoms with E-state index in [-0.39, 0.29) is 5.60 Å². The molecule has 0 saturated carbocycles. The third-order valence-electron chi connectivity index (χ3n) is 3.14. The van der Waals surface area contributed by atoms with Gasteiger partial charge < -0.3 is 14.9 Å². The summed E-state index contributed by atoms with van der Waals surface area (Å²) in [7, 11) is 0. The van der Waals surface area contributed by atoms with E-state index in [9.17, 15) is 0 Å². The van der Waals surface area contributed by atoms with Crippen molar-refractivity contribution in [2.45, 2.75) is 39.7 Å². The predicted octanol–water partition coefficient (Wildman–Crippen LogP) is 4.92. The summed E-state index contributed by atoms with van der Waals surface area (Å²) in [6.45, 7) is 8.41. The molecule has 0 unspecified atom stereocenters. The number of nitrogens with zero attached hydrogens (tertiary/aromatic N) is 1. The van der Waals surface area contributed by atoms with Crippen molar-refractivity contribution < 1.29 is 9.57 Å². The zero-order chi connectivity index (χ0) is 17.0. The number of hydrogen-bond acceptors (Lipinski definition) is 4. The van der Waals surface area contributed by atoms with Crippen molar-refractivity contribution in [1.29, 1.82) is 0 Å². The van der Waals surface area contributed by atoms with Gasteiger partial charge in [-0.15, -0.1) is 0 Å². The van der Waals surface area contributed by atoms with E-state index >= 15 is 0 Å². The molecule has 23 heavy (non-hydrogen) atoms. The van der Waals surface area contributed by atoms with Crippen LogP contribution >= 0.6 is 23.8 Å². The van der Waals surface area contributed by atoms with Crippen molar-refractivity contribution >= 4 is 40.7 Å². The molecular weight excluding hydrogens is 332 g/mol. The maximum Gasteiger partial charge on any atom is 0.129 e. The zero-order valence-corrected chi connectivity index (χ0v) is 15.3. The van der Waals surface area contributed by atoms with E-state index in [1.807, 2.05) is 39.8 Å². The number of anilines is 1. The number of halogens is 1. The molecule has 0 aliphatic carbocycles. The molecule has 2 rings (SSSR count). The normalized spacial score (nSPS) is 15.0. The molecule has 1 aromatic rings. The molecule has 0 amide bonds. The van der Waals surface area contributed by atoms with Gasteiger partial charge in [0.15, 0.2) is 0 Å². The topological polar surface area (TPSA) is 42.9 Å². The Kier molecular flexibility index (Phi) is 5.65. The van der Waals surface area contributed by atoms with E-state index in [2.05, 4.69) is 10.5 Å². The number of ether oxygens (including phenoxy) is 1. The number of hydrogen-bond donors (Lipinski definition) is 1. The van der Waals surface area contributed by atoms with Gasteiger partial charge in [-0.3, -0.25) is 0 Å². The second-order valence-corrected chi connectivity index (χ2v) is 7.08. The van der Waals surface area contributed by atoms with E-state index in [0.717, 1.165) is 29.0 Å². The van der Waals surface area contributed by atoms with E-state index < -0.39 is 0 Å². The minimum absolute atomic E-state index is 0.340. The van der Waals surface area contributed by atoms with Crippen LogP contribution in [0, 0.1) is 0 Å². The highest BCUT2D eigenvalue weighted by Gasteiger charge is 2.16. The van der Waals surface area contributed by atoms with Crippen molar-refractivity contribution in [3.8, 4) is 0 Å². The molecule has 0 radical (unpaired) electrons. The highest BCUT2D eigenvalue weighted by molar-refractivity contribution is 7.81. The molecule has 6 heteroatoms. The molecule has 4 nitrogen and oxygen atoms in total. The Bertz CT molecular complexity index is 663. The summed E-state index contributed by atoms with van der Waals surface area (Å²) in [5.41, 5.74) is 2.31. The maximum absolute atomic E-state index is 6.20. The number of nitrogens with one attached hydrogen (secondary N) is 1. The molecule has 1 heterocycles. The van der Waals surface area contributed by atoms with Crippen LogP contribution in [0.2, 0.25) is 5.02 Å². The summed E-state index contributed by atoms with van der Waals surface area (Å²) in [4.78, 5) is 6.02. The average molecular weight is 353 g/mol. The van der Waals surface area contributed by atoms with Crippen molar-refractivity contribution in [2.24, 2.45) is 5.16 Å². The van der Waals surface area contributed by atoms with E-state index in [1.165, 1.54) is 0 Å². The molecule has 1 N–H and O–H groups in total. The number of rotatable bonds is 4. The molecule has 1 aliphatic rings. The third-order valence-corrected chi connectivity index (χ3v) is 3.83. The van der Waals surface area contributed by atoms with E-state index in [1.54, 1.807) is 12.3 Å². The fourth-order valence-corrected chi connectivity index (χ4v) is 2.54. The summed E-state index contributed by atoms with van der Waals surface area (Å²) in [5, 5.41) is 7.80. The molecule has 0 saturated heterocycles. The van der Waals surface area contributed by atoms with Crippen LogP contribution in [0.1, 0.15) is 39.7 Å². The van der Waals surface area contributed by atoms with Crippen molar-refractivity contribution in [1.82, 2.24) is 0 Å². The largest absolute Gasteiger partial charge is 0.497 e. The Morgan fingerprint density at radius 1 is 1.43 bits per heavy atom. The number of oxime groups is 1. The predicted molar refractivity (Wildman–Crippen MR) is 99.4 cm³/mol. The standard InChI is InChI=1S/C17H21ClN2O2S/c1-11-14(7-8-21-11)16(23)20-13-5-6-15(18)12(9-13)10-19-22-17(2,3)4/h5-6,9-10H,7-8H2,1-4H3,(H,20,23)/b19-10+. The smallest absolute Gasteiger partial charge is 0.129 e. The molecule has 0 spiro atoms. The first-order valence-electron chi connectivity index (χ1n) is 7.41. The van der Waals surface area contributed by atoms with Crippen LogP contribution in [0.15, 0.2) is 34.7 Å². The molecule has 1 aromatic carbocycles. The van der Waals surface area contributed by atoms with Gasteiger partial charge >= 0.3 is 0 Å². The van der Waals surface area contributed by atoms with Crippen molar-refractivity contribution in [3.05, 3.63) is 40.1 Å². The highest BCUT2D eigenvalue weighted by Crippen LogP contribution is 2.24. The molecule has 0 bridgehead atoms. The van der Waals surface area contributed by atoms with Gasteiger partial charge in [0.1, 0.15) is 10.6 Å². The first-order chi connectivity index (χ1) is 10.8. The summed E-state index contributed by atoms with van der Waals surface area (Å²) in [5.74, 6) is 0.886. The van der Waals surface area contributed by atoms with Crippen LogP contribution in [-0.4, -0.2) is 23.4 Å². The fourth-order valence-electron chi connectivity index (χ4n) is 2.01. The minimum Gasteiger partial charge on any atom is -0.497 e. The van der Waals surface area contributed by atoms with Crippen molar-refractivity contribution in [3.63, 3.8) is 0 Å². The fraction of sp³-hybridized carbons (Fsp3) is 0.412. The minimum atomic E-state index is -0.340. The molecule has 0 atom stereocenters. The van der Waals surface area contributed by atoms with Crippen LogP contribution in [-0.2, 0) is 9.57 Å². The third kappa shape index (κ3) is 5.22. The Hall–Kier alpha value is -1.59. The first-order valence-corrected chi connectivity index (χ1v) is 8.20. The molecular formula is C17H21ClN2O2S. The molecule has 124 valence electrons. The van der Waals surface area contributed by atoms with Crippen LogP contribution in [0.25, 0.3) is 0 Å². The van der Waals surface area contributed by atoms with Gasteiger partial charge in [0.25, 0.3) is 0 Å². The number of benzene rings is 1. The van der Waals surface area contributed by atoms with Gasteiger partial charge in [-0.1, -0.05) is 29.0 Å². The lowest BCUT2D eigenvalue weighted by Crippen LogP contribution is -2.15. The van der Waals surface area contributed by atoms with Gasteiger partial charge in [-0.2, -0.15) is 0 Å². The van der Waals surface area contributed by atoms with E-state index in [0.29, 0.717) is 16.6 Å². The Balaban J connectivity index is 2.11. The van der Waals surface area contributed by atoms with Crippen LogP contribution in [0.5, 0.6) is 0 Å². The Labute approximate surface area is 147 Å². The summed E-state index contributed by atoms with van der Waals surface area (Å²) < 4.78 is 5.45. The number of thiocarbonyl (C=S) groups is 1. The van der Waals surface area contributed by atoms with Gasteiger partial charge in [-0.25, -0.2) is 0 Å². The average Bonchev–Trinajstić information content (AvgIpc) is 2.87. The van der Waals surface area contributed by atoms with Gasteiger partial charge in [0, 0.05) is 28.3 Å². The van der Waals surface area contributed by atoms with Crippen LogP contribution in [0.3, 0.4) is 0 Å². The van der Waals surface area contributed by atoms with Gasteiger partial charge in [0.05, 0.1) is 18.6 Å². The maximum atomic E-state index is 6.20. The summed E-state index contributed by atoms with van der Waals surface area (Å²) in [6.07, 6.45) is 2.43. The highest BCUT2D eigenvalue weighted by atomic mass is 35.5. The van der Waals surface area contributed by atoms with Gasteiger partial charge in [0.2, 0.25) is 0 Å². The molecule has 0 aromatic heterocycles. The van der Waals surface area contributed by atoms with Gasteiger partial charge in [-0.05, 0) is 45.9 Å². The summed E-state index contributed by atoms with van der Waals surface area (Å²) >= 11 is 11.6. The number of allylic oxidation sites excluding steroid dienone is 1. The lowest BCUT2D eigenvalue weighted by Gasteiger charge is -2.15. The SMILES string of the molecule is CC1=C(C(=S)Nc2ccc(Cl)c(/C=N/OC(C)(C)C)c2)CCO1. The second kappa shape index (κ2) is 7.32. The van der Waals surface area contributed by atoms with Crippen molar-refractivity contribution in [2.75, 3.05) is 11.9 Å². The van der Waals surface area contributed by atoms with Crippen LogP contribution in [0.4, 0.5) is 5.69 Å². The lowest BCUT2D eigenvalue weighted by atomic mass is 10.1. The second-order valence-electron chi connectivity index (χ2n) is 6.26. The van der Waals surface area contributed by atoms with Crippen LogP contribution < -0.4 is 5.32 Å². The monoisotopic (exact) mass is 352 g/mol. The Morgan fingerprint density at radius 3 is 2.78 bits per heavy atom. The molecule has 0 fully saturated rings. The zero-order valence-electron chi connectivity index (χ0n) is 13.8. The quantitative estimate of drug-likeness (QED) is 0.474. The first kappa shape index (κ1) is 17.8. The Morgan fingerprint density at radius 2 is 2.17 bits per heavy atom. The summed E-state index contributed by atoms with van der Waals surface area (Å²) in [6, 6.07) is 5.56.